The number of halogens is 3. The number of quaternary nitrogens is 1. The molecule has 7 nitrogen and oxygen atoms in total. The fourth-order valence-electron chi connectivity index (χ4n) is 2.80. The summed E-state index contributed by atoms with van der Waals surface area (Å²) < 4.78 is 46.2. The second kappa shape index (κ2) is 9.20. The smallest absolute Gasteiger partial charge is 0.451 e. The lowest BCUT2D eigenvalue weighted by atomic mass is 10.3. The molecule has 2 rings (SSSR count). The van der Waals surface area contributed by atoms with E-state index in [2.05, 4.69) is 10.4 Å². The van der Waals surface area contributed by atoms with Crippen LogP contribution in [-0.4, -0.2) is 40.5 Å². The minimum Gasteiger partial charge on any atom is -0.495 e. The first-order valence-corrected chi connectivity index (χ1v) is 9.05. The number of hydrogen-bond donors (Lipinski definition) is 2. The van der Waals surface area contributed by atoms with Crippen molar-refractivity contribution in [1.82, 2.24) is 14.3 Å². The molecule has 0 bridgehead atoms. The summed E-state index contributed by atoms with van der Waals surface area (Å²) in [4.78, 5) is 13.2. The number of hydrogen-bond acceptors (Lipinski definition) is 4. The lowest BCUT2D eigenvalue weighted by Crippen LogP contribution is -3.12. The molecule has 0 radical (unpaired) electrons. The largest absolute Gasteiger partial charge is 0.495 e. The van der Waals surface area contributed by atoms with Gasteiger partial charge in [0, 0.05) is 7.05 Å². The van der Waals surface area contributed by atoms with Gasteiger partial charge in [0.15, 0.2) is 13.2 Å². The van der Waals surface area contributed by atoms with E-state index >= 15 is 0 Å². The van der Waals surface area contributed by atoms with Gasteiger partial charge in [-0.1, -0.05) is 19.1 Å². The Kier molecular flexibility index (Phi) is 7.19. The summed E-state index contributed by atoms with van der Waals surface area (Å²) in [6, 6.07) is 6.98. The number of para-hydroxylation sites is 2. The van der Waals surface area contributed by atoms with Gasteiger partial charge in [-0.25, -0.2) is 0 Å². The van der Waals surface area contributed by atoms with Crippen molar-refractivity contribution in [1.29, 1.82) is 0 Å². The maximum atomic E-state index is 13.0. The zero-order valence-electron chi connectivity index (χ0n) is 15.8. The van der Waals surface area contributed by atoms with Gasteiger partial charge in [0.1, 0.15) is 5.75 Å². The number of ether oxygens (including phenoxy) is 1. The Morgan fingerprint density at radius 2 is 2.04 bits per heavy atom. The van der Waals surface area contributed by atoms with Crippen molar-refractivity contribution in [2.75, 3.05) is 25.5 Å². The normalized spacial score (nSPS) is 12.6. The third kappa shape index (κ3) is 5.32. The summed E-state index contributed by atoms with van der Waals surface area (Å²) in [7, 11) is 2.73. The predicted octanol–water partition coefficient (Wildman–Crippen LogP) is 1.87. The maximum Gasteiger partial charge on any atom is 0.451 e. The molecule has 1 amide bonds. The van der Waals surface area contributed by atoms with Crippen molar-refractivity contribution in [3.05, 3.63) is 34.9 Å². The van der Waals surface area contributed by atoms with Crippen LogP contribution in [0.3, 0.4) is 0 Å². The maximum absolute atomic E-state index is 13.0. The number of alkyl halides is 3. The Balaban J connectivity index is 2.14. The summed E-state index contributed by atoms with van der Waals surface area (Å²) >= 11 is 5.07. The molecule has 1 atom stereocenters. The minimum atomic E-state index is -4.60. The van der Waals surface area contributed by atoms with Crippen molar-refractivity contribution in [2.24, 2.45) is 7.05 Å². The molecule has 0 saturated carbocycles. The third-order valence-electron chi connectivity index (χ3n) is 4.06. The lowest BCUT2D eigenvalue weighted by Gasteiger charge is -2.18. The number of benzene rings is 1. The number of aromatic nitrogens is 3. The van der Waals surface area contributed by atoms with E-state index in [4.69, 9.17) is 17.0 Å². The molecule has 0 fully saturated rings. The fourth-order valence-corrected chi connectivity index (χ4v) is 2.99. The van der Waals surface area contributed by atoms with Crippen LogP contribution in [0.5, 0.6) is 5.75 Å². The van der Waals surface area contributed by atoms with Crippen LogP contribution >= 0.6 is 12.2 Å². The highest BCUT2D eigenvalue weighted by Crippen LogP contribution is 2.27. The van der Waals surface area contributed by atoms with Crippen molar-refractivity contribution in [3.8, 4) is 5.75 Å². The topological polar surface area (TPSA) is 65.5 Å². The van der Waals surface area contributed by atoms with E-state index in [1.165, 1.54) is 14.2 Å². The van der Waals surface area contributed by atoms with Gasteiger partial charge in [-0.05, 0) is 30.8 Å². The molecule has 1 unspecified atom stereocenters. The van der Waals surface area contributed by atoms with Gasteiger partial charge in [0.2, 0.25) is 10.6 Å². The Labute approximate surface area is 165 Å². The Hall–Kier alpha value is -2.40. The number of amides is 1. The molecule has 0 aliphatic heterocycles. The molecule has 154 valence electrons. The van der Waals surface area contributed by atoms with E-state index in [9.17, 15) is 18.0 Å². The quantitative estimate of drug-likeness (QED) is 0.643. The summed E-state index contributed by atoms with van der Waals surface area (Å²) in [6.07, 6.45) is -3.86. The number of nitrogens with zero attached hydrogens (tertiary/aromatic N) is 3. The second-order valence-electron chi connectivity index (χ2n) is 6.25. The van der Waals surface area contributed by atoms with Crippen molar-refractivity contribution < 1.29 is 27.6 Å². The number of carbonyl (C=O) groups excluding carboxylic acids is 1. The predicted molar refractivity (Wildman–Crippen MR) is 99.6 cm³/mol. The van der Waals surface area contributed by atoms with Gasteiger partial charge in [-0.3, -0.25) is 9.36 Å². The number of nitrogens with one attached hydrogen (secondary N) is 2. The Morgan fingerprint density at radius 3 is 2.61 bits per heavy atom. The van der Waals surface area contributed by atoms with E-state index in [1.54, 1.807) is 24.3 Å². The van der Waals surface area contributed by atoms with Gasteiger partial charge in [0.05, 0.1) is 19.3 Å². The van der Waals surface area contributed by atoms with Gasteiger partial charge in [-0.15, -0.1) is 5.10 Å². The highest BCUT2D eigenvalue weighted by molar-refractivity contribution is 7.71. The third-order valence-corrected chi connectivity index (χ3v) is 4.55. The molecule has 1 heterocycles. The van der Waals surface area contributed by atoms with Crippen molar-refractivity contribution >= 4 is 23.8 Å². The fraction of sp³-hybridized carbons (Fsp3) is 0.471. The van der Waals surface area contributed by atoms with Gasteiger partial charge in [0.25, 0.3) is 5.91 Å². The van der Waals surface area contributed by atoms with E-state index < -0.39 is 12.0 Å². The first-order chi connectivity index (χ1) is 13.2. The Morgan fingerprint density at radius 1 is 1.36 bits per heavy atom. The van der Waals surface area contributed by atoms with Crippen LogP contribution in [0, 0.1) is 4.77 Å². The van der Waals surface area contributed by atoms with Crippen molar-refractivity contribution in [2.45, 2.75) is 26.2 Å². The van der Waals surface area contributed by atoms with E-state index in [0.717, 1.165) is 20.6 Å². The second-order valence-corrected chi connectivity index (χ2v) is 6.61. The van der Waals surface area contributed by atoms with Crippen LogP contribution < -0.4 is 15.0 Å². The standard InChI is InChI=1S/C17H22F3N5O2S/c1-4-9-24(10-14(26)21-12-7-5-6-8-13(12)27-3)11-25-16(28)23(2)15(22-25)17(18,19)20/h5-8H,4,9-11H2,1-3H3,(H,21,26)/p+1. The molecule has 2 N–H and O–H groups in total. The number of carbonyl (C=O) groups is 1. The monoisotopic (exact) mass is 418 g/mol. The van der Waals surface area contributed by atoms with Gasteiger partial charge >= 0.3 is 6.18 Å². The molecule has 28 heavy (non-hydrogen) atoms. The first-order valence-electron chi connectivity index (χ1n) is 8.64. The molecule has 1 aromatic carbocycles. The van der Waals surface area contributed by atoms with Crippen LogP contribution in [0.15, 0.2) is 24.3 Å². The highest BCUT2D eigenvalue weighted by Gasteiger charge is 2.37. The molecular weight excluding hydrogens is 395 g/mol. The minimum absolute atomic E-state index is 0.0472. The number of rotatable bonds is 8. The zero-order valence-corrected chi connectivity index (χ0v) is 16.7. The molecule has 0 saturated heterocycles. The summed E-state index contributed by atoms with van der Waals surface area (Å²) in [5.41, 5.74) is 0.527. The molecular formula is C17H23F3N5O2S+. The van der Waals surface area contributed by atoms with Crippen LogP contribution in [0.1, 0.15) is 19.2 Å². The van der Waals surface area contributed by atoms with Gasteiger partial charge in [-0.2, -0.15) is 17.9 Å². The molecule has 0 aliphatic rings. The average Bonchev–Trinajstić information content (AvgIpc) is 2.91. The van der Waals surface area contributed by atoms with Crippen LogP contribution in [0.2, 0.25) is 0 Å². The first kappa shape index (κ1) is 21.9. The highest BCUT2D eigenvalue weighted by atomic mass is 32.1. The number of anilines is 1. The number of methoxy groups -OCH3 is 1. The van der Waals surface area contributed by atoms with Crippen LogP contribution in [-0.2, 0) is 24.7 Å². The van der Waals surface area contributed by atoms with Crippen LogP contribution in [0.25, 0.3) is 0 Å². The molecule has 0 aliphatic carbocycles. The molecule has 1 aromatic heterocycles. The SMILES string of the molecule is CCC[NH+](CC(=O)Nc1ccccc1OC)Cn1nc(C(F)(F)F)n(C)c1=S. The van der Waals surface area contributed by atoms with E-state index in [1.807, 2.05) is 6.92 Å². The summed E-state index contributed by atoms with van der Waals surface area (Å²) in [5.74, 6) is -0.826. The molecule has 2 aromatic rings. The average molecular weight is 418 g/mol. The summed E-state index contributed by atoms with van der Waals surface area (Å²) in [5, 5.41) is 6.37. The van der Waals surface area contributed by atoms with E-state index in [-0.39, 0.29) is 23.9 Å². The molecule has 11 heteroatoms. The Bertz CT molecular complexity index is 878. The summed E-state index contributed by atoms with van der Waals surface area (Å²) in [6.45, 7) is 2.59. The lowest BCUT2D eigenvalue weighted by molar-refractivity contribution is -0.915. The van der Waals surface area contributed by atoms with Crippen molar-refractivity contribution in [3.63, 3.8) is 0 Å². The van der Waals surface area contributed by atoms with Gasteiger partial charge < -0.3 is 15.0 Å². The van der Waals surface area contributed by atoms with Crippen LogP contribution in [0.4, 0.5) is 18.9 Å². The molecule has 0 spiro atoms. The zero-order chi connectivity index (χ0) is 20.9. The van der Waals surface area contributed by atoms with E-state index in [0.29, 0.717) is 18.0 Å².